The largest absolute Gasteiger partial charge is 0.379 e. The zero-order valence-electron chi connectivity index (χ0n) is 9.15. The van der Waals surface area contributed by atoms with Crippen LogP contribution in [0.2, 0.25) is 0 Å². The third-order valence-corrected chi connectivity index (χ3v) is 4.19. The molecule has 2 fully saturated rings. The van der Waals surface area contributed by atoms with E-state index in [1.54, 1.807) is 6.20 Å². The standard InChI is InChI=1S/C13H14N2O/c14-8-12(5-3-6-12)13(9-16-10-13)11-4-1-2-7-15-11/h1-2,4,7H,3,5-6,9-10H2. The van der Waals surface area contributed by atoms with Gasteiger partial charge in [-0.1, -0.05) is 12.5 Å². The molecule has 1 saturated heterocycles. The lowest BCUT2D eigenvalue weighted by Crippen LogP contribution is -2.61. The Morgan fingerprint density at radius 1 is 1.31 bits per heavy atom. The van der Waals surface area contributed by atoms with E-state index >= 15 is 0 Å². The fraction of sp³-hybridized carbons (Fsp3) is 0.538. The number of nitrogens with zero attached hydrogens (tertiary/aromatic N) is 2. The van der Waals surface area contributed by atoms with Gasteiger partial charge < -0.3 is 4.74 Å². The smallest absolute Gasteiger partial charge is 0.0778 e. The molecule has 1 aliphatic heterocycles. The fourth-order valence-electron chi connectivity index (χ4n) is 2.85. The van der Waals surface area contributed by atoms with E-state index in [4.69, 9.17) is 4.74 Å². The summed E-state index contributed by atoms with van der Waals surface area (Å²) < 4.78 is 5.39. The third-order valence-electron chi connectivity index (χ3n) is 4.19. The first-order chi connectivity index (χ1) is 7.83. The Balaban J connectivity index is 2.04. The van der Waals surface area contributed by atoms with Crippen LogP contribution in [0.3, 0.4) is 0 Å². The maximum Gasteiger partial charge on any atom is 0.0778 e. The molecule has 0 unspecified atom stereocenters. The van der Waals surface area contributed by atoms with E-state index < -0.39 is 0 Å². The average Bonchev–Trinajstić information content (AvgIpc) is 2.22. The van der Waals surface area contributed by atoms with Crippen LogP contribution in [-0.2, 0) is 10.2 Å². The zero-order valence-corrected chi connectivity index (χ0v) is 9.15. The summed E-state index contributed by atoms with van der Waals surface area (Å²) in [5.41, 5.74) is 0.670. The first-order valence-corrected chi connectivity index (χ1v) is 5.74. The van der Waals surface area contributed by atoms with Gasteiger partial charge >= 0.3 is 0 Å². The van der Waals surface area contributed by atoms with E-state index in [1.165, 1.54) is 0 Å². The van der Waals surface area contributed by atoms with Crippen molar-refractivity contribution >= 4 is 0 Å². The fourth-order valence-corrected chi connectivity index (χ4v) is 2.85. The van der Waals surface area contributed by atoms with Gasteiger partial charge in [0.2, 0.25) is 0 Å². The molecule has 1 aromatic rings. The van der Waals surface area contributed by atoms with Crippen LogP contribution >= 0.6 is 0 Å². The molecule has 1 aromatic heterocycles. The minimum atomic E-state index is -0.223. The van der Waals surface area contributed by atoms with Gasteiger partial charge in [-0.25, -0.2) is 0 Å². The molecule has 3 rings (SSSR count). The van der Waals surface area contributed by atoms with Crippen molar-refractivity contribution in [3.8, 4) is 6.07 Å². The van der Waals surface area contributed by atoms with Gasteiger partial charge in [0.25, 0.3) is 0 Å². The molecule has 0 amide bonds. The number of ether oxygens (including phenoxy) is 1. The monoisotopic (exact) mass is 214 g/mol. The van der Waals surface area contributed by atoms with E-state index in [0.717, 1.165) is 25.0 Å². The number of rotatable bonds is 2. The van der Waals surface area contributed by atoms with Crippen LogP contribution in [0.4, 0.5) is 0 Å². The molecular formula is C13H14N2O. The Morgan fingerprint density at radius 2 is 2.12 bits per heavy atom. The van der Waals surface area contributed by atoms with Crippen LogP contribution in [0.25, 0.3) is 0 Å². The highest BCUT2D eigenvalue weighted by atomic mass is 16.5. The number of pyridine rings is 1. The van der Waals surface area contributed by atoms with Crippen LogP contribution in [0, 0.1) is 16.7 Å². The lowest BCUT2D eigenvalue weighted by molar-refractivity contribution is -0.136. The van der Waals surface area contributed by atoms with Crippen LogP contribution in [0.15, 0.2) is 24.4 Å². The molecule has 0 bridgehead atoms. The van der Waals surface area contributed by atoms with Gasteiger partial charge in [-0.3, -0.25) is 4.98 Å². The van der Waals surface area contributed by atoms with Crippen molar-refractivity contribution in [2.75, 3.05) is 13.2 Å². The first kappa shape index (κ1) is 9.80. The van der Waals surface area contributed by atoms with Crippen LogP contribution in [0.5, 0.6) is 0 Å². The molecular weight excluding hydrogens is 200 g/mol. The third kappa shape index (κ3) is 1.03. The van der Waals surface area contributed by atoms with Crippen LogP contribution in [-0.4, -0.2) is 18.2 Å². The highest BCUT2D eigenvalue weighted by molar-refractivity contribution is 5.32. The molecule has 2 aliphatic rings. The predicted octanol–water partition coefficient (Wildman–Crippen LogP) is 2.04. The van der Waals surface area contributed by atoms with Crippen molar-refractivity contribution in [1.82, 2.24) is 4.98 Å². The Bertz CT molecular complexity index is 427. The molecule has 16 heavy (non-hydrogen) atoms. The second-order valence-electron chi connectivity index (χ2n) is 4.84. The molecule has 0 spiro atoms. The van der Waals surface area contributed by atoms with Crippen molar-refractivity contribution in [2.24, 2.45) is 5.41 Å². The highest BCUT2D eigenvalue weighted by Crippen LogP contribution is 2.57. The summed E-state index contributed by atoms with van der Waals surface area (Å²) in [4.78, 5) is 4.44. The van der Waals surface area contributed by atoms with E-state index in [9.17, 15) is 5.26 Å². The normalized spacial score (nSPS) is 24.9. The molecule has 0 radical (unpaired) electrons. The molecule has 1 aliphatic carbocycles. The summed E-state index contributed by atoms with van der Waals surface area (Å²) in [5.74, 6) is 0. The molecule has 82 valence electrons. The molecule has 0 atom stereocenters. The molecule has 3 nitrogen and oxygen atoms in total. The minimum Gasteiger partial charge on any atom is -0.379 e. The number of hydrogen-bond acceptors (Lipinski definition) is 3. The van der Waals surface area contributed by atoms with Crippen molar-refractivity contribution < 1.29 is 4.74 Å². The molecule has 3 heteroatoms. The van der Waals surface area contributed by atoms with Gasteiger partial charge in [-0.15, -0.1) is 0 Å². The Labute approximate surface area is 95.1 Å². The maximum atomic E-state index is 9.47. The second kappa shape index (κ2) is 3.29. The van der Waals surface area contributed by atoms with Crippen molar-refractivity contribution in [3.05, 3.63) is 30.1 Å². The molecule has 2 heterocycles. The average molecular weight is 214 g/mol. The lowest BCUT2D eigenvalue weighted by Gasteiger charge is -2.55. The van der Waals surface area contributed by atoms with Gasteiger partial charge in [0.05, 0.1) is 35.8 Å². The summed E-state index contributed by atoms with van der Waals surface area (Å²) in [6.45, 7) is 1.30. The highest BCUT2D eigenvalue weighted by Gasteiger charge is 2.61. The van der Waals surface area contributed by atoms with Crippen molar-refractivity contribution in [1.29, 1.82) is 5.26 Å². The molecule has 1 saturated carbocycles. The van der Waals surface area contributed by atoms with Gasteiger partial charge in [0, 0.05) is 6.20 Å². The summed E-state index contributed by atoms with van der Waals surface area (Å²) in [7, 11) is 0. The van der Waals surface area contributed by atoms with E-state index in [-0.39, 0.29) is 10.8 Å². The SMILES string of the molecule is N#CC1(C2(c3ccccn3)COC2)CCC1. The van der Waals surface area contributed by atoms with E-state index in [2.05, 4.69) is 11.1 Å². The molecule has 0 aromatic carbocycles. The van der Waals surface area contributed by atoms with Crippen molar-refractivity contribution in [2.45, 2.75) is 24.7 Å². The summed E-state index contributed by atoms with van der Waals surface area (Å²) in [5, 5.41) is 9.47. The topological polar surface area (TPSA) is 45.9 Å². The van der Waals surface area contributed by atoms with Crippen molar-refractivity contribution in [3.63, 3.8) is 0 Å². The van der Waals surface area contributed by atoms with E-state index in [0.29, 0.717) is 13.2 Å². The van der Waals surface area contributed by atoms with Gasteiger partial charge in [-0.2, -0.15) is 5.26 Å². The minimum absolute atomic E-state index is 0.138. The summed E-state index contributed by atoms with van der Waals surface area (Å²) in [6.07, 6.45) is 4.94. The number of aromatic nitrogens is 1. The van der Waals surface area contributed by atoms with Gasteiger partial charge in [-0.05, 0) is 25.0 Å². The maximum absolute atomic E-state index is 9.47. The second-order valence-corrected chi connectivity index (χ2v) is 4.84. The van der Waals surface area contributed by atoms with Crippen LogP contribution < -0.4 is 0 Å². The zero-order chi connectivity index (χ0) is 11.1. The summed E-state index contributed by atoms with van der Waals surface area (Å²) in [6, 6.07) is 8.47. The predicted molar refractivity (Wildman–Crippen MR) is 58.6 cm³/mol. The molecule has 0 N–H and O–H groups in total. The first-order valence-electron chi connectivity index (χ1n) is 5.74. The van der Waals surface area contributed by atoms with Gasteiger partial charge in [0.1, 0.15) is 0 Å². The van der Waals surface area contributed by atoms with Gasteiger partial charge in [0.15, 0.2) is 0 Å². The quantitative estimate of drug-likeness (QED) is 0.756. The Kier molecular flexibility index (Phi) is 2.02. The van der Waals surface area contributed by atoms with E-state index in [1.807, 2.05) is 18.2 Å². The summed E-state index contributed by atoms with van der Waals surface area (Å²) >= 11 is 0. The Morgan fingerprint density at radius 3 is 2.50 bits per heavy atom. The number of hydrogen-bond donors (Lipinski definition) is 0. The number of nitriles is 1. The van der Waals surface area contributed by atoms with Crippen LogP contribution in [0.1, 0.15) is 25.0 Å². The Hall–Kier alpha value is -1.40. The lowest BCUT2D eigenvalue weighted by atomic mass is 9.51.